The Labute approximate surface area is 276 Å². The van der Waals surface area contributed by atoms with Gasteiger partial charge in [-0.3, -0.25) is 9.59 Å². The number of aromatic nitrogens is 1. The van der Waals surface area contributed by atoms with Crippen molar-refractivity contribution in [2.45, 2.75) is 42.3 Å². The van der Waals surface area contributed by atoms with Gasteiger partial charge in [0.05, 0.1) is 10.6 Å². The molecule has 1 aliphatic rings. The third-order valence-electron chi connectivity index (χ3n) is 8.53. The van der Waals surface area contributed by atoms with Gasteiger partial charge >= 0.3 is 6.18 Å². The molecule has 6 rings (SSSR count). The van der Waals surface area contributed by atoms with Gasteiger partial charge in [-0.2, -0.15) is 13.2 Å². The van der Waals surface area contributed by atoms with Crippen molar-refractivity contribution in [3.8, 4) is 22.3 Å². The Morgan fingerprint density at radius 2 is 1.36 bits per heavy atom. The summed E-state index contributed by atoms with van der Waals surface area (Å²) in [6.45, 7) is -1.37. The molecule has 5 nitrogen and oxygen atoms in total. The number of hydrogen-bond acceptors (Lipinski definition) is 3. The van der Waals surface area contributed by atoms with E-state index in [0.29, 0.717) is 18.4 Å². The molecule has 1 aliphatic carbocycles. The number of unbranched alkanes of at least 4 members (excludes halogenated alkanes) is 2. The fraction of sp³-hybridized carbons (Fsp3) is 0.211. The fourth-order valence-electron chi connectivity index (χ4n) is 6.38. The number of H-pyrrole nitrogens is 1. The van der Waals surface area contributed by atoms with Crippen molar-refractivity contribution in [1.29, 1.82) is 0 Å². The maximum Gasteiger partial charge on any atom is 0.405 e. The number of halogens is 3. The number of fused-ring (bicyclic) bond motifs is 3. The van der Waals surface area contributed by atoms with E-state index in [-0.39, 0.29) is 5.91 Å². The minimum Gasteiger partial charge on any atom is -0.356 e. The van der Waals surface area contributed by atoms with Crippen molar-refractivity contribution in [2.24, 2.45) is 0 Å². The maximum atomic E-state index is 13.7. The summed E-state index contributed by atoms with van der Waals surface area (Å²) in [4.78, 5) is 29.9. The molecule has 0 atom stereocenters. The van der Waals surface area contributed by atoms with Crippen LogP contribution in [0, 0.1) is 0 Å². The lowest BCUT2D eigenvalue weighted by Crippen LogP contribution is -2.47. The number of carbonyl (C=O) groups excluding carboxylic acids is 2. The predicted octanol–water partition coefficient (Wildman–Crippen LogP) is 9.23. The monoisotopic (exact) mass is 653 g/mol. The van der Waals surface area contributed by atoms with Crippen LogP contribution in [0.25, 0.3) is 22.3 Å². The zero-order chi connectivity index (χ0) is 32.9. The Morgan fingerprint density at radius 1 is 0.745 bits per heavy atom. The van der Waals surface area contributed by atoms with E-state index in [1.807, 2.05) is 109 Å². The SMILES string of the molecule is O=C(Nc1ccccc1-c1ccccc1)c1c[nH]c(SCCCCCC2(C(=O)NCC(F)(F)F)c3ccccc3-c3ccccc32)c1. The summed E-state index contributed by atoms with van der Waals surface area (Å²) in [6.07, 6.45) is -0.137. The average Bonchev–Trinajstić information content (AvgIpc) is 3.67. The van der Waals surface area contributed by atoms with Crippen molar-refractivity contribution in [3.05, 3.63) is 132 Å². The predicted molar refractivity (Wildman–Crippen MR) is 182 cm³/mol. The highest BCUT2D eigenvalue weighted by Gasteiger charge is 2.49. The molecule has 240 valence electrons. The number of rotatable bonds is 12. The number of aromatic amines is 1. The Kier molecular flexibility index (Phi) is 9.54. The molecule has 2 amide bonds. The number of hydrogen-bond donors (Lipinski definition) is 3. The van der Waals surface area contributed by atoms with Crippen molar-refractivity contribution >= 4 is 29.3 Å². The normalized spacial score (nSPS) is 13.1. The number of alkyl halides is 3. The summed E-state index contributed by atoms with van der Waals surface area (Å²) >= 11 is 1.60. The standard InChI is InChI=1S/C38H34F3N3O2S/c39-38(40,41)25-43-36(46)37(31-18-8-5-16-29(31)30-17-6-9-19-32(30)37)21-11-2-12-22-47-34-23-27(24-42-34)35(45)44-33-20-10-7-15-28(33)26-13-3-1-4-14-26/h1,3-10,13-20,23-24,42H,2,11-12,21-22,25H2,(H,43,46)(H,44,45). The van der Waals surface area contributed by atoms with Crippen LogP contribution in [-0.4, -0.2) is 35.3 Å². The van der Waals surface area contributed by atoms with E-state index >= 15 is 0 Å². The number of carbonyl (C=O) groups is 2. The van der Waals surface area contributed by atoms with Crippen molar-refractivity contribution in [3.63, 3.8) is 0 Å². The van der Waals surface area contributed by atoms with Crippen molar-refractivity contribution < 1.29 is 22.8 Å². The molecule has 1 heterocycles. The summed E-state index contributed by atoms with van der Waals surface area (Å²) in [6, 6.07) is 34.4. The van der Waals surface area contributed by atoms with E-state index in [4.69, 9.17) is 0 Å². The molecule has 0 radical (unpaired) electrons. The van der Waals surface area contributed by atoms with E-state index < -0.39 is 24.0 Å². The van der Waals surface area contributed by atoms with Crippen LogP contribution in [0.3, 0.4) is 0 Å². The molecule has 0 spiro atoms. The third kappa shape index (κ3) is 7.00. The molecule has 0 bridgehead atoms. The molecule has 4 aromatic carbocycles. The zero-order valence-corrected chi connectivity index (χ0v) is 26.4. The van der Waals surface area contributed by atoms with Crippen LogP contribution in [0.5, 0.6) is 0 Å². The van der Waals surface area contributed by atoms with Gasteiger partial charge in [0.2, 0.25) is 5.91 Å². The molecular formula is C38H34F3N3O2S. The zero-order valence-electron chi connectivity index (χ0n) is 25.6. The van der Waals surface area contributed by atoms with Crippen LogP contribution in [0.1, 0.15) is 47.2 Å². The summed E-state index contributed by atoms with van der Waals surface area (Å²) in [5, 5.41) is 6.09. The maximum absolute atomic E-state index is 13.7. The first-order valence-electron chi connectivity index (χ1n) is 15.6. The van der Waals surface area contributed by atoms with Crippen molar-refractivity contribution in [1.82, 2.24) is 10.3 Å². The Morgan fingerprint density at radius 3 is 2.04 bits per heavy atom. The molecule has 0 unspecified atom stereocenters. The molecule has 9 heteroatoms. The van der Waals surface area contributed by atoms with Gasteiger partial charge in [-0.25, -0.2) is 0 Å². The van der Waals surface area contributed by atoms with E-state index in [0.717, 1.165) is 62.7 Å². The molecule has 0 saturated carbocycles. The van der Waals surface area contributed by atoms with Gasteiger partial charge in [-0.15, -0.1) is 11.8 Å². The number of thioether (sulfide) groups is 1. The second-order valence-corrected chi connectivity index (χ2v) is 12.7. The highest BCUT2D eigenvalue weighted by Crippen LogP contribution is 2.51. The van der Waals surface area contributed by atoms with Gasteiger partial charge in [0.25, 0.3) is 5.91 Å². The molecule has 5 aromatic rings. The van der Waals surface area contributed by atoms with E-state index in [2.05, 4.69) is 15.6 Å². The number of nitrogens with one attached hydrogen (secondary N) is 3. The van der Waals surface area contributed by atoms with Gasteiger partial charge < -0.3 is 15.6 Å². The Hall–Kier alpha value is -4.76. The lowest BCUT2D eigenvalue weighted by molar-refractivity contribution is -0.141. The smallest absolute Gasteiger partial charge is 0.356 e. The second kappa shape index (κ2) is 13.9. The van der Waals surface area contributed by atoms with Gasteiger partial charge in [-0.05, 0) is 58.5 Å². The molecule has 0 aliphatic heterocycles. The molecule has 3 N–H and O–H groups in total. The van der Waals surface area contributed by atoms with Gasteiger partial charge in [-0.1, -0.05) is 110 Å². The minimum atomic E-state index is -4.50. The lowest BCUT2D eigenvalue weighted by Gasteiger charge is -2.31. The summed E-state index contributed by atoms with van der Waals surface area (Å²) in [5.41, 5.74) is 5.30. The largest absolute Gasteiger partial charge is 0.405 e. The first-order valence-corrected chi connectivity index (χ1v) is 16.6. The number of anilines is 1. The highest BCUT2D eigenvalue weighted by atomic mass is 32.2. The van der Waals surface area contributed by atoms with Crippen LogP contribution in [-0.2, 0) is 10.2 Å². The third-order valence-corrected chi connectivity index (χ3v) is 9.57. The van der Waals surface area contributed by atoms with E-state index in [1.165, 1.54) is 0 Å². The molecule has 1 aromatic heterocycles. The van der Waals surface area contributed by atoms with Crippen LogP contribution in [0.15, 0.2) is 120 Å². The molecule has 47 heavy (non-hydrogen) atoms. The topological polar surface area (TPSA) is 74.0 Å². The van der Waals surface area contributed by atoms with Crippen LogP contribution in [0.2, 0.25) is 0 Å². The second-order valence-electron chi connectivity index (χ2n) is 11.6. The Balaban J connectivity index is 1.06. The van der Waals surface area contributed by atoms with E-state index in [1.54, 1.807) is 18.0 Å². The molecule has 0 fully saturated rings. The lowest BCUT2D eigenvalue weighted by atomic mass is 9.73. The summed E-state index contributed by atoms with van der Waals surface area (Å²) in [7, 11) is 0. The fourth-order valence-corrected chi connectivity index (χ4v) is 7.30. The highest BCUT2D eigenvalue weighted by molar-refractivity contribution is 7.99. The van der Waals surface area contributed by atoms with E-state index in [9.17, 15) is 22.8 Å². The summed E-state index contributed by atoms with van der Waals surface area (Å²) in [5.74, 6) is -0.0494. The van der Waals surface area contributed by atoms with Crippen LogP contribution in [0.4, 0.5) is 18.9 Å². The number of amides is 2. The minimum absolute atomic E-state index is 0.206. The van der Waals surface area contributed by atoms with Crippen LogP contribution >= 0.6 is 11.8 Å². The number of para-hydroxylation sites is 1. The quantitative estimate of drug-likeness (QED) is 0.0929. The van der Waals surface area contributed by atoms with Gasteiger partial charge in [0.15, 0.2) is 0 Å². The van der Waals surface area contributed by atoms with Gasteiger partial charge in [0.1, 0.15) is 12.0 Å². The summed E-state index contributed by atoms with van der Waals surface area (Å²) < 4.78 is 39.4. The van der Waals surface area contributed by atoms with Crippen molar-refractivity contribution in [2.75, 3.05) is 17.6 Å². The molecule has 0 saturated heterocycles. The van der Waals surface area contributed by atoms with Crippen LogP contribution < -0.4 is 10.6 Å². The molecular weight excluding hydrogens is 619 g/mol. The van der Waals surface area contributed by atoms with Gasteiger partial charge in [0, 0.05) is 17.4 Å². The number of benzene rings is 4. The average molecular weight is 654 g/mol. The first-order chi connectivity index (χ1) is 22.8. The first kappa shape index (κ1) is 32.2. The Bertz CT molecular complexity index is 1820.